The Balaban J connectivity index is 1.72. The second kappa shape index (κ2) is 4.76. The number of likely N-dealkylation sites (tertiary alicyclic amines) is 1. The fraction of sp³-hybridized carbons (Fsp3) is 0.562. The molecule has 4 heteroatoms. The Morgan fingerprint density at radius 2 is 2.20 bits per heavy atom. The molecule has 0 bridgehead atoms. The summed E-state index contributed by atoms with van der Waals surface area (Å²) in [5.41, 5.74) is 2.29. The molecule has 1 saturated heterocycles. The standard InChI is InChI=1S/C16H20FNO2/c1-2-11-5-13(7-14(17)6-11)12-3-4-16(8-12)9-18(10-16)15(19)20/h5-7,12H,2-4,8-10H2,1H3,(H,19,20). The fourth-order valence-corrected chi connectivity index (χ4v) is 3.79. The number of carbonyl (C=O) groups is 1. The number of carboxylic acid groups (broad SMARTS) is 1. The number of benzene rings is 1. The van der Waals surface area contributed by atoms with Crippen LogP contribution in [0.15, 0.2) is 18.2 Å². The molecule has 3 rings (SSSR count). The van der Waals surface area contributed by atoms with Gasteiger partial charge in [0.25, 0.3) is 0 Å². The molecule has 20 heavy (non-hydrogen) atoms. The Morgan fingerprint density at radius 1 is 1.45 bits per heavy atom. The van der Waals surface area contributed by atoms with Crippen molar-refractivity contribution in [3.63, 3.8) is 0 Å². The molecule has 3 nitrogen and oxygen atoms in total. The molecule has 1 saturated carbocycles. The average Bonchev–Trinajstić information content (AvgIpc) is 2.81. The van der Waals surface area contributed by atoms with E-state index in [0.717, 1.165) is 36.8 Å². The second-order valence-electron chi connectivity index (χ2n) is 6.32. The maximum absolute atomic E-state index is 13.6. The highest BCUT2D eigenvalue weighted by Crippen LogP contribution is 2.51. The fourth-order valence-electron chi connectivity index (χ4n) is 3.79. The van der Waals surface area contributed by atoms with Crippen molar-refractivity contribution in [3.8, 4) is 0 Å². The lowest BCUT2D eigenvalue weighted by Crippen LogP contribution is -2.56. The lowest BCUT2D eigenvalue weighted by atomic mass is 9.77. The lowest BCUT2D eigenvalue weighted by molar-refractivity contribution is 0.0141. The summed E-state index contributed by atoms with van der Waals surface area (Å²) in [5, 5.41) is 8.94. The quantitative estimate of drug-likeness (QED) is 0.896. The van der Waals surface area contributed by atoms with Gasteiger partial charge in [0.15, 0.2) is 0 Å². The van der Waals surface area contributed by atoms with Gasteiger partial charge in [0, 0.05) is 18.5 Å². The third-order valence-electron chi connectivity index (χ3n) is 4.89. The number of rotatable bonds is 2. The van der Waals surface area contributed by atoms with Gasteiger partial charge in [-0.15, -0.1) is 0 Å². The number of halogens is 1. The first-order chi connectivity index (χ1) is 9.51. The molecule has 1 aliphatic carbocycles. The zero-order valence-electron chi connectivity index (χ0n) is 11.7. The van der Waals surface area contributed by atoms with Crippen LogP contribution in [-0.2, 0) is 6.42 Å². The van der Waals surface area contributed by atoms with Crippen molar-refractivity contribution < 1.29 is 14.3 Å². The molecule has 0 aromatic heterocycles. The van der Waals surface area contributed by atoms with Crippen molar-refractivity contribution in [2.75, 3.05) is 13.1 Å². The van der Waals surface area contributed by atoms with E-state index in [1.54, 1.807) is 12.1 Å². The summed E-state index contributed by atoms with van der Waals surface area (Å²) in [4.78, 5) is 12.4. The van der Waals surface area contributed by atoms with Gasteiger partial charge >= 0.3 is 6.09 Å². The SMILES string of the molecule is CCc1cc(F)cc(C2CCC3(C2)CN(C(=O)O)C3)c1. The van der Waals surface area contributed by atoms with E-state index < -0.39 is 6.09 Å². The number of nitrogens with zero attached hydrogens (tertiary/aromatic N) is 1. The van der Waals surface area contributed by atoms with Crippen LogP contribution in [0.25, 0.3) is 0 Å². The smallest absolute Gasteiger partial charge is 0.407 e. The van der Waals surface area contributed by atoms with Crippen LogP contribution in [-0.4, -0.2) is 29.2 Å². The zero-order chi connectivity index (χ0) is 14.3. The third-order valence-corrected chi connectivity index (χ3v) is 4.89. The van der Waals surface area contributed by atoms with Gasteiger partial charge in [0.2, 0.25) is 0 Å². The molecule has 1 aromatic carbocycles. The molecule has 1 N–H and O–H groups in total. The second-order valence-corrected chi connectivity index (χ2v) is 6.32. The Morgan fingerprint density at radius 3 is 2.85 bits per heavy atom. The molecule has 1 aromatic rings. The number of aryl methyl sites for hydroxylation is 1. The van der Waals surface area contributed by atoms with Crippen molar-refractivity contribution in [3.05, 3.63) is 35.1 Å². The van der Waals surface area contributed by atoms with Crippen LogP contribution < -0.4 is 0 Å². The molecule has 1 spiro atoms. The molecule has 108 valence electrons. The van der Waals surface area contributed by atoms with Gasteiger partial charge < -0.3 is 10.0 Å². The van der Waals surface area contributed by atoms with Crippen LogP contribution in [0.4, 0.5) is 9.18 Å². The van der Waals surface area contributed by atoms with E-state index >= 15 is 0 Å². The molecule has 1 atom stereocenters. The first-order valence-electron chi connectivity index (χ1n) is 7.28. The van der Waals surface area contributed by atoms with Gasteiger partial charge in [-0.2, -0.15) is 0 Å². The minimum Gasteiger partial charge on any atom is -0.465 e. The Hall–Kier alpha value is -1.58. The molecule has 1 unspecified atom stereocenters. The normalized spacial score (nSPS) is 23.9. The summed E-state index contributed by atoms with van der Waals surface area (Å²) in [6.45, 7) is 3.33. The number of amides is 1. The third kappa shape index (κ3) is 2.28. The summed E-state index contributed by atoms with van der Waals surface area (Å²) < 4.78 is 13.6. The summed E-state index contributed by atoms with van der Waals surface area (Å²) in [7, 11) is 0. The van der Waals surface area contributed by atoms with Crippen LogP contribution in [0.2, 0.25) is 0 Å². The highest BCUT2D eigenvalue weighted by Gasteiger charge is 2.49. The number of hydrogen-bond acceptors (Lipinski definition) is 1. The van der Waals surface area contributed by atoms with Gasteiger partial charge in [-0.25, -0.2) is 9.18 Å². The van der Waals surface area contributed by atoms with Crippen LogP contribution in [0.1, 0.15) is 43.2 Å². The van der Waals surface area contributed by atoms with Gasteiger partial charge in [-0.3, -0.25) is 0 Å². The largest absolute Gasteiger partial charge is 0.465 e. The molecule has 2 fully saturated rings. The van der Waals surface area contributed by atoms with E-state index in [2.05, 4.69) is 6.07 Å². The topological polar surface area (TPSA) is 40.5 Å². The predicted octanol–water partition coefficient (Wildman–Crippen LogP) is 3.64. The van der Waals surface area contributed by atoms with Crippen LogP contribution in [0, 0.1) is 11.2 Å². The molecule has 1 amide bonds. The van der Waals surface area contributed by atoms with E-state index in [9.17, 15) is 9.18 Å². The van der Waals surface area contributed by atoms with E-state index in [4.69, 9.17) is 5.11 Å². The van der Waals surface area contributed by atoms with Crippen molar-refractivity contribution in [2.45, 2.75) is 38.5 Å². The van der Waals surface area contributed by atoms with Crippen molar-refractivity contribution >= 4 is 6.09 Å². The van der Waals surface area contributed by atoms with Crippen LogP contribution in [0.5, 0.6) is 0 Å². The monoisotopic (exact) mass is 277 g/mol. The predicted molar refractivity (Wildman–Crippen MR) is 74.4 cm³/mol. The molecule has 1 aliphatic heterocycles. The minimum absolute atomic E-state index is 0.152. The minimum atomic E-state index is -0.821. The van der Waals surface area contributed by atoms with E-state index in [1.165, 1.54) is 4.90 Å². The summed E-state index contributed by atoms with van der Waals surface area (Å²) >= 11 is 0. The van der Waals surface area contributed by atoms with E-state index in [-0.39, 0.29) is 11.2 Å². The first kappa shape index (κ1) is 13.4. The summed E-state index contributed by atoms with van der Waals surface area (Å²) in [5.74, 6) is 0.230. The zero-order valence-corrected chi connectivity index (χ0v) is 11.7. The van der Waals surface area contributed by atoms with Crippen LogP contribution in [0.3, 0.4) is 0 Å². The van der Waals surface area contributed by atoms with E-state index in [0.29, 0.717) is 19.0 Å². The van der Waals surface area contributed by atoms with Crippen molar-refractivity contribution in [2.24, 2.45) is 5.41 Å². The van der Waals surface area contributed by atoms with Crippen molar-refractivity contribution in [1.29, 1.82) is 0 Å². The Bertz CT molecular complexity index is 537. The van der Waals surface area contributed by atoms with Gasteiger partial charge in [0.1, 0.15) is 5.82 Å². The Kier molecular flexibility index (Phi) is 3.19. The van der Waals surface area contributed by atoms with Gasteiger partial charge in [0.05, 0.1) is 0 Å². The maximum Gasteiger partial charge on any atom is 0.407 e. The molecule has 0 radical (unpaired) electrons. The lowest BCUT2D eigenvalue weighted by Gasteiger charge is -2.46. The van der Waals surface area contributed by atoms with Crippen LogP contribution >= 0.6 is 0 Å². The van der Waals surface area contributed by atoms with Gasteiger partial charge in [-0.05, 0) is 54.9 Å². The molecule has 1 heterocycles. The maximum atomic E-state index is 13.6. The summed E-state index contributed by atoms with van der Waals surface area (Å²) in [6.07, 6.45) is 3.11. The van der Waals surface area contributed by atoms with Crippen molar-refractivity contribution in [1.82, 2.24) is 4.90 Å². The highest BCUT2D eigenvalue weighted by atomic mass is 19.1. The number of hydrogen-bond donors (Lipinski definition) is 1. The molecular weight excluding hydrogens is 257 g/mol. The van der Waals surface area contributed by atoms with Gasteiger partial charge in [-0.1, -0.05) is 13.0 Å². The Labute approximate surface area is 118 Å². The first-order valence-corrected chi connectivity index (χ1v) is 7.28. The molecule has 2 aliphatic rings. The molecular formula is C16H20FNO2. The highest BCUT2D eigenvalue weighted by molar-refractivity contribution is 5.66. The van der Waals surface area contributed by atoms with E-state index in [1.807, 2.05) is 6.92 Å². The average molecular weight is 277 g/mol. The summed E-state index contributed by atoms with van der Waals surface area (Å²) in [6, 6.07) is 5.36.